The number of urea groups is 1. The minimum atomic E-state index is -1.13. The summed E-state index contributed by atoms with van der Waals surface area (Å²) in [5.41, 5.74) is 0. The molecule has 0 bridgehead atoms. The van der Waals surface area contributed by atoms with Crippen LogP contribution in [0.15, 0.2) is 0 Å². The highest BCUT2D eigenvalue weighted by Crippen LogP contribution is 2.17. The predicted octanol–water partition coefficient (Wildman–Crippen LogP) is -0.0523. The summed E-state index contributed by atoms with van der Waals surface area (Å²) >= 11 is 0. The number of amides is 2. The quantitative estimate of drug-likeness (QED) is 0.610. The van der Waals surface area contributed by atoms with Crippen LogP contribution >= 0.6 is 0 Å². The van der Waals surface area contributed by atoms with Crippen LogP contribution in [0.4, 0.5) is 4.79 Å². The molecule has 1 saturated heterocycles. The van der Waals surface area contributed by atoms with E-state index in [4.69, 9.17) is 10.2 Å². The Kier molecular flexibility index (Phi) is 6.74. The van der Waals surface area contributed by atoms with Crippen molar-refractivity contribution >= 4 is 12.0 Å². The van der Waals surface area contributed by atoms with Gasteiger partial charge in [0.2, 0.25) is 0 Å². The van der Waals surface area contributed by atoms with Crippen LogP contribution in [0.3, 0.4) is 0 Å². The number of nitrogens with one attached hydrogen (secondary N) is 1. The van der Waals surface area contributed by atoms with Crippen LogP contribution in [-0.2, 0) is 4.79 Å². The lowest BCUT2D eigenvalue weighted by Gasteiger charge is -2.28. The number of likely N-dealkylation sites (N-methyl/N-ethyl adjacent to an activating group) is 2. The molecule has 0 saturated carbocycles. The van der Waals surface area contributed by atoms with Crippen LogP contribution in [0.1, 0.15) is 26.2 Å². The lowest BCUT2D eigenvalue weighted by atomic mass is 10.2. The fourth-order valence-electron chi connectivity index (χ4n) is 2.56. The summed E-state index contributed by atoms with van der Waals surface area (Å²) in [5.74, 6) is -1.13. The maximum Gasteiger partial charge on any atom is 0.326 e. The standard InChI is InChI=1S/C13H25N3O4/c1-3-16-7-4-5-10(16)9-15(2)13(20)14-11(6-8-17)12(18)19/h10-11,17H,3-9H2,1-2H3,(H,14,20)(H,18,19)/t10?,11-/m0/s1. The Bertz CT molecular complexity index is 338. The normalized spacial score (nSPS) is 20.6. The van der Waals surface area contributed by atoms with Crippen molar-refractivity contribution in [3.05, 3.63) is 0 Å². The fourth-order valence-corrected chi connectivity index (χ4v) is 2.56. The number of carboxylic acid groups (broad SMARTS) is 1. The van der Waals surface area contributed by atoms with E-state index in [1.165, 1.54) is 4.90 Å². The summed E-state index contributed by atoms with van der Waals surface area (Å²) in [7, 11) is 1.67. The fraction of sp³-hybridized carbons (Fsp3) is 0.846. The Morgan fingerprint density at radius 2 is 2.20 bits per heavy atom. The second kappa shape index (κ2) is 8.06. The maximum absolute atomic E-state index is 12.0. The van der Waals surface area contributed by atoms with Gasteiger partial charge in [0, 0.05) is 32.7 Å². The van der Waals surface area contributed by atoms with Crippen molar-refractivity contribution in [1.29, 1.82) is 0 Å². The van der Waals surface area contributed by atoms with Crippen LogP contribution in [0.25, 0.3) is 0 Å². The number of hydrogen-bond donors (Lipinski definition) is 3. The van der Waals surface area contributed by atoms with Gasteiger partial charge in [0.1, 0.15) is 6.04 Å². The van der Waals surface area contributed by atoms with Crippen molar-refractivity contribution in [2.75, 3.05) is 33.3 Å². The van der Waals surface area contributed by atoms with Gasteiger partial charge in [0.25, 0.3) is 0 Å². The van der Waals surface area contributed by atoms with Crippen LogP contribution in [0, 0.1) is 0 Å². The van der Waals surface area contributed by atoms with Gasteiger partial charge in [0.15, 0.2) is 0 Å². The Labute approximate surface area is 119 Å². The lowest BCUT2D eigenvalue weighted by Crippen LogP contribution is -2.50. The van der Waals surface area contributed by atoms with E-state index in [-0.39, 0.29) is 13.0 Å². The van der Waals surface area contributed by atoms with Crippen LogP contribution < -0.4 is 5.32 Å². The van der Waals surface area contributed by atoms with Gasteiger partial charge >= 0.3 is 12.0 Å². The first kappa shape index (κ1) is 16.7. The molecule has 1 aliphatic heterocycles. The first-order valence-corrected chi connectivity index (χ1v) is 7.08. The van der Waals surface area contributed by atoms with Crippen molar-refractivity contribution < 1.29 is 19.8 Å². The van der Waals surface area contributed by atoms with E-state index in [0.29, 0.717) is 12.6 Å². The van der Waals surface area contributed by atoms with Crippen molar-refractivity contribution in [3.8, 4) is 0 Å². The number of aliphatic carboxylic acids is 1. The number of carboxylic acids is 1. The highest BCUT2D eigenvalue weighted by molar-refractivity contribution is 5.82. The molecule has 116 valence electrons. The minimum Gasteiger partial charge on any atom is -0.480 e. The van der Waals surface area contributed by atoms with Gasteiger partial charge < -0.3 is 20.4 Å². The molecule has 0 radical (unpaired) electrons. The van der Waals surface area contributed by atoms with E-state index >= 15 is 0 Å². The van der Waals surface area contributed by atoms with Gasteiger partial charge in [-0.15, -0.1) is 0 Å². The first-order chi connectivity index (χ1) is 9.49. The average molecular weight is 287 g/mol. The topological polar surface area (TPSA) is 93.1 Å². The second-order valence-corrected chi connectivity index (χ2v) is 5.16. The number of rotatable bonds is 7. The number of hydrogen-bond acceptors (Lipinski definition) is 4. The van der Waals surface area contributed by atoms with E-state index in [1.54, 1.807) is 7.05 Å². The van der Waals surface area contributed by atoms with E-state index < -0.39 is 18.0 Å². The summed E-state index contributed by atoms with van der Waals surface area (Å²) in [5, 5.41) is 20.2. The van der Waals surface area contributed by atoms with Gasteiger partial charge in [-0.25, -0.2) is 9.59 Å². The molecule has 0 aromatic carbocycles. The SMILES string of the molecule is CCN1CCCC1CN(C)C(=O)N[C@@H](CCO)C(=O)O. The molecule has 1 heterocycles. The van der Waals surface area contributed by atoms with Crippen molar-refractivity contribution in [1.82, 2.24) is 15.1 Å². The molecule has 1 aliphatic rings. The molecule has 1 unspecified atom stereocenters. The summed E-state index contributed by atoms with van der Waals surface area (Å²) in [4.78, 5) is 26.8. The molecule has 1 rings (SSSR count). The maximum atomic E-state index is 12.0. The Hall–Kier alpha value is -1.34. The summed E-state index contributed by atoms with van der Waals surface area (Å²) < 4.78 is 0. The second-order valence-electron chi connectivity index (χ2n) is 5.16. The van der Waals surface area contributed by atoms with Crippen LogP contribution in [0.2, 0.25) is 0 Å². The minimum absolute atomic E-state index is 0.0133. The van der Waals surface area contributed by atoms with Crippen LogP contribution in [0.5, 0.6) is 0 Å². The molecule has 0 aromatic heterocycles. The molecule has 7 nitrogen and oxygen atoms in total. The third kappa shape index (κ3) is 4.64. The molecule has 0 aromatic rings. The zero-order valence-electron chi connectivity index (χ0n) is 12.2. The summed E-state index contributed by atoms with van der Waals surface area (Å²) in [6, 6.07) is -1.11. The number of carbonyl (C=O) groups excluding carboxylic acids is 1. The largest absolute Gasteiger partial charge is 0.480 e. The van der Waals surface area contributed by atoms with Gasteiger partial charge in [-0.05, 0) is 25.9 Å². The first-order valence-electron chi connectivity index (χ1n) is 7.08. The summed E-state index contributed by atoms with van der Waals surface area (Å²) in [6.07, 6.45) is 2.21. The predicted molar refractivity (Wildman–Crippen MR) is 74.6 cm³/mol. The van der Waals surface area contributed by atoms with Crippen LogP contribution in [-0.4, -0.2) is 77.4 Å². The number of aliphatic hydroxyl groups excluding tert-OH is 1. The van der Waals surface area contributed by atoms with E-state index in [9.17, 15) is 9.59 Å². The van der Waals surface area contributed by atoms with E-state index in [2.05, 4.69) is 17.1 Å². The van der Waals surface area contributed by atoms with E-state index in [1.807, 2.05) is 0 Å². The molecule has 1 fully saturated rings. The average Bonchev–Trinajstić information content (AvgIpc) is 2.85. The molecular weight excluding hydrogens is 262 g/mol. The van der Waals surface area contributed by atoms with Gasteiger partial charge in [-0.2, -0.15) is 0 Å². The zero-order valence-corrected chi connectivity index (χ0v) is 12.2. The number of likely N-dealkylation sites (tertiary alicyclic amines) is 1. The summed E-state index contributed by atoms with van der Waals surface area (Å²) in [6.45, 7) is 4.43. The molecule has 2 atom stereocenters. The number of nitrogens with zero attached hydrogens (tertiary/aromatic N) is 2. The van der Waals surface area contributed by atoms with Gasteiger partial charge in [-0.1, -0.05) is 6.92 Å². The van der Waals surface area contributed by atoms with Crippen molar-refractivity contribution in [2.45, 2.75) is 38.3 Å². The molecule has 20 heavy (non-hydrogen) atoms. The highest BCUT2D eigenvalue weighted by atomic mass is 16.4. The van der Waals surface area contributed by atoms with E-state index in [0.717, 1.165) is 25.9 Å². The third-order valence-corrected chi connectivity index (χ3v) is 3.75. The smallest absolute Gasteiger partial charge is 0.326 e. The molecule has 7 heteroatoms. The van der Waals surface area contributed by atoms with Crippen molar-refractivity contribution in [3.63, 3.8) is 0 Å². The van der Waals surface area contributed by atoms with Gasteiger partial charge in [-0.3, -0.25) is 4.90 Å². The Morgan fingerprint density at radius 1 is 1.50 bits per heavy atom. The molecule has 0 spiro atoms. The van der Waals surface area contributed by atoms with Gasteiger partial charge in [0.05, 0.1) is 0 Å². The van der Waals surface area contributed by atoms with Crippen molar-refractivity contribution in [2.24, 2.45) is 0 Å². The zero-order chi connectivity index (χ0) is 15.1. The molecule has 2 amide bonds. The lowest BCUT2D eigenvalue weighted by molar-refractivity contribution is -0.139. The molecular formula is C13H25N3O4. The third-order valence-electron chi connectivity index (χ3n) is 3.75. The Morgan fingerprint density at radius 3 is 2.75 bits per heavy atom. The monoisotopic (exact) mass is 287 g/mol. The number of carbonyl (C=O) groups is 2. The molecule has 3 N–H and O–H groups in total. The molecule has 0 aliphatic carbocycles. The highest BCUT2D eigenvalue weighted by Gasteiger charge is 2.27. The number of aliphatic hydroxyl groups is 1. The Balaban J connectivity index is 2.47.